The average Bonchev–Trinajstić information content (AvgIpc) is 2.72. The molecular weight excluding hydrogens is 344 g/mol. The normalized spacial score (nSPS) is 12.5. The quantitative estimate of drug-likeness (QED) is 0.640. The Labute approximate surface area is 149 Å². The van der Waals surface area contributed by atoms with Gasteiger partial charge in [-0.25, -0.2) is 14.8 Å². The summed E-state index contributed by atoms with van der Waals surface area (Å²) in [4.78, 5) is 35.0. The van der Waals surface area contributed by atoms with Crippen LogP contribution in [0, 0.1) is 20.8 Å². The number of amides is 3. The second-order valence-electron chi connectivity index (χ2n) is 5.92. The van der Waals surface area contributed by atoms with Crippen LogP contribution in [0.5, 0.6) is 0 Å². The number of nitrogens with one attached hydrogen (secondary N) is 2. The highest BCUT2D eigenvalue weighted by molar-refractivity contribution is 8.00. The molecule has 1 atom stereocenters. The largest absolute Gasteiger partial charge is 0.336 e. The zero-order valence-corrected chi connectivity index (χ0v) is 16.3. The molecule has 0 bridgehead atoms. The van der Waals surface area contributed by atoms with Gasteiger partial charge in [-0.05, 0) is 47.1 Å². The van der Waals surface area contributed by atoms with E-state index in [1.165, 1.54) is 16.6 Å². The van der Waals surface area contributed by atoms with Gasteiger partial charge >= 0.3 is 6.03 Å². The minimum absolute atomic E-state index is 0.0265. The first-order chi connectivity index (χ1) is 11.2. The first-order valence-corrected chi connectivity index (χ1v) is 9.41. The number of fused-ring (bicyclic) bond motifs is 1. The first-order valence-electron chi connectivity index (χ1n) is 7.71. The van der Waals surface area contributed by atoms with E-state index in [1.807, 2.05) is 27.7 Å². The highest BCUT2D eigenvalue weighted by Gasteiger charge is 2.21. The molecule has 0 spiro atoms. The van der Waals surface area contributed by atoms with Gasteiger partial charge in [0.25, 0.3) is 0 Å². The lowest BCUT2D eigenvalue weighted by Gasteiger charge is -2.13. The van der Waals surface area contributed by atoms with Crippen LogP contribution in [0.3, 0.4) is 0 Å². The van der Waals surface area contributed by atoms with Gasteiger partial charge in [0, 0.05) is 16.3 Å². The maximum absolute atomic E-state index is 12.2. The fourth-order valence-corrected chi connectivity index (χ4v) is 4.33. The number of nitrogens with zero attached hydrogens (tertiary/aromatic N) is 2. The van der Waals surface area contributed by atoms with E-state index in [9.17, 15) is 9.59 Å². The number of urea groups is 1. The third-order valence-corrected chi connectivity index (χ3v) is 5.61. The number of aromatic nitrogens is 2. The predicted molar refractivity (Wildman–Crippen MR) is 98.8 cm³/mol. The van der Waals surface area contributed by atoms with Gasteiger partial charge < -0.3 is 5.32 Å². The van der Waals surface area contributed by atoms with Gasteiger partial charge in [-0.2, -0.15) is 0 Å². The van der Waals surface area contributed by atoms with Crippen LogP contribution in [-0.2, 0) is 4.79 Å². The lowest BCUT2D eigenvalue weighted by molar-refractivity contribution is -0.119. The maximum atomic E-state index is 12.2. The molecule has 0 aliphatic carbocycles. The Morgan fingerprint density at radius 3 is 2.42 bits per heavy atom. The number of imide groups is 1. The van der Waals surface area contributed by atoms with Crippen LogP contribution in [0.25, 0.3) is 10.2 Å². The number of hydrogen-bond donors (Lipinski definition) is 2. The molecule has 2 rings (SSSR count). The topological polar surface area (TPSA) is 84.0 Å². The van der Waals surface area contributed by atoms with Crippen LogP contribution >= 0.6 is 23.1 Å². The molecule has 2 aromatic heterocycles. The Hall–Kier alpha value is -1.67. The van der Waals surface area contributed by atoms with Gasteiger partial charge in [-0.3, -0.25) is 10.1 Å². The molecule has 3 amide bonds. The van der Waals surface area contributed by atoms with Gasteiger partial charge in [0.1, 0.15) is 15.7 Å². The summed E-state index contributed by atoms with van der Waals surface area (Å²) in [6.07, 6.45) is 0. The number of hydrogen-bond acceptors (Lipinski definition) is 6. The predicted octanol–water partition coefficient (Wildman–Crippen LogP) is 3.33. The van der Waals surface area contributed by atoms with Crippen molar-refractivity contribution in [1.82, 2.24) is 20.6 Å². The maximum Gasteiger partial charge on any atom is 0.321 e. The number of thiophene rings is 1. The van der Waals surface area contributed by atoms with Crippen molar-refractivity contribution < 1.29 is 9.59 Å². The zero-order chi connectivity index (χ0) is 18.0. The van der Waals surface area contributed by atoms with Gasteiger partial charge in [-0.15, -0.1) is 11.3 Å². The first kappa shape index (κ1) is 18.7. The van der Waals surface area contributed by atoms with E-state index in [1.54, 1.807) is 18.3 Å². The Bertz CT molecular complexity index is 786. The van der Waals surface area contributed by atoms with E-state index in [0.717, 1.165) is 20.8 Å². The molecule has 0 aliphatic rings. The van der Waals surface area contributed by atoms with Gasteiger partial charge in [-0.1, -0.05) is 11.8 Å². The highest BCUT2D eigenvalue weighted by atomic mass is 32.2. The summed E-state index contributed by atoms with van der Waals surface area (Å²) in [5, 5.41) is 6.34. The summed E-state index contributed by atoms with van der Waals surface area (Å²) in [6.45, 7) is 11.4. The lowest BCUT2D eigenvalue weighted by atomic mass is 10.2. The summed E-state index contributed by atoms with van der Waals surface area (Å²) in [7, 11) is 0. The minimum atomic E-state index is -0.478. The van der Waals surface area contributed by atoms with E-state index in [-0.39, 0.29) is 11.9 Å². The van der Waals surface area contributed by atoms with Crippen LogP contribution in [0.15, 0.2) is 5.03 Å². The van der Waals surface area contributed by atoms with Crippen LogP contribution < -0.4 is 10.6 Å². The van der Waals surface area contributed by atoms with Crippen LogP contribution in [0.1, 0.15) is 37.0 Å². The standard InChI is InChI=1S/C16H22N4O2S2/c1-7(2)17-16(22)20-13(21)10(5)24-15-12-8(3)9(4)23-14(12)18-11(6)19-15/h7,10H,1-6H3,(H2,17,20,21,22)/t10-/m0/s1. The van der Waals surface area contributed by atoms with E-state index in [4.69, 9.17) is 0 Å². The minimum Gasteiger partial charge on any atom is -0.336 e. The van der Waals surface area contributed by atoms with Crippen molar-refractivity contribution >= 4 is 45.3 Å². The second kappa shape index (κ2) is 7.48. The van der Waals surface area contributed by atoms with Crippen LogP contribution in [0.4, 0.5) is 4.79 Å². The average molecular weight is 367 g/mol. The van der Waals surface area contributed by atoms with Gasteiger partial charge in [0.15, 0.2) is 0 Å². The molecule has 0 unspecified atom stereocenters. The molecule has 6 nitrogen and oxygen atoms in total. The molecule has 0 aliphatic heterocycles. The van der Waals surface area contributed by atoms with Crippen molar-refractivity contribution in [1.29, 1.82) is 0 Å². The highest BCUT2D eigenvalue weighted by Crippen LogP contribution is 2.36. The van der Waals surface area contributed by atoms with E-state index in [0.29, 0.717) is 5.82 Å². The fourth-order valence-electron chi connectivity index (χ4n) is 2.13. The van der Waals surface area contributed by atoms with Crippen molar-refractivity contribution in [2.24, 2.45) is 0 Å². The van der Waals surface area contributed by atoms with E-state index in [2.05, 4.69) is 27.5 Å². The molecule has 0 aromatic carbocycles. The third kappa shape index (κ3) is 4.24. The fraction of sp³-hybridized carbons (Fsp3) is 0.500. The molecule has 0 fully saturated rings. The number of aryl methyl sites for hydroxylation is 3. The molecule has 8 heteroatoms. The molecule has 2 heterocycles. The number of carbonyl (C=O) groups excluding carboxylic acids is 2. The number of thioether (sulfide) groups is 1. The summed E-state index contributed by atoms with van der Waals surface area (Å²) in [5.41, 5.74) is 1.14. The number of carbonyl (C=O) groups is 2. The van der Waals surface area contributed by atoms with Crippen molar-refractivity contribution in [3.8, 4) is 0 Å². The molecular formula is C16H22N4O2S2. The molecule has 2 aromatic rings. The molecule has 0 saturated heterocycles. The lowest BCUT2D eigenvalue weighted by Crippen LogP contribution is -2.45. The monoisotopic (exact) mass is 366 g/mol. The summed E-state index contributed by atoms with van der Waals surface area (Å²) >= 11 is 2.98. The van der Waals surface area contributed by atoms with Crippen molar-refractivity contribution in [3.05, 3.63) is 16.3 Å². The van der Waals surface area contributed by atoms with Crippen molar-refractivity contribution in [2.75, 3.05) is 0 Å². The summed E-state index contributed by atoms with van der Waals surface area (Å²) in [6, 6.07) is -0.504. The van der Waals surface area contributed by atoms with Crippen LogP contribution in [-0.4, -0.2) is 33.2 Å². The molecule has 2 N–H and O–H groups in total. The van der Waals surface area contributed by atoms with E-state index < -0.39 is 11.3 Å². The SMILES string of the molecule is Cc1nc(S[C@@H](C)C(=O)NC(=O)NC(C)C)c2c(C)c(C)sc2n1. The Kier molecular flexibility index (Phi) is 5.82. The Balaban J connectivity index is 2.20. The molecule has 0 saturated carbocycles. The van der Waals surface area contributed by atoms with E-state index >= 15 is 0 Å². The Morgan fingerprint density at radius 2 is 1.79 bits per heavy atom. The van der Waals surface area contributed by atoms with Crippen molar-refractivity contribution in [3.63, 3.8) is 0 Å². The molecule has 130 valence electrons. The van der Waals surface area contributed by atoms with Crippen LogP contribution in [0.2, 0.25) is 0 Å². The molecule has 24 heavy (non-hydrogen) atoms. The van der Waals surface area contributed by atoms with Crippen molar-refractivity contribution in [2.45, 2.75) is 57.9 Å². The third-order valence-electron chi connectivity index (χ3n) is 3.42. The number of rotatable bonds is 4. The second-order valence-corrected chi connectivity index (χ2v) is 8.45. The Morgan fingerprint density at radius 1 is 1.12 bits per heavy atom. The zero-order valence-electron chi connectivity index (χ0n) is 14.7. The summed E-state index contributed by atoms with van der Waals surface area (Å²) < 4.78 is 0. The smallest absolute Gasteiger partial charge is 0.321 e. The summed E-state index contributed by atoms with van der Waals surface area (Å²) in [5.74, 6) is 0.337. The van der Waals surface area contributed by atoms with Gasteiger partial charge in [0.2, 0.25) is 5.91 Å². The van der Waals surface area contributed by atoms with Gasteiger partial charge in [0.05, 0.1) is 5.25 Å². The molecule has 0 radical (unpaired) electrons.